The van der Waals surface area contributed by atoms with Crippen LogP contribution in [0, 0.1) is 13.8 Å². The molecule has 4 rings (SSSR count). The number of nitrogens with one attached hydrogen (secondary N) is 1. The molecule has 1 aliphatic heterocycles. The van der Waals surface area contributed by atoms with E-state index in [1.165, 1.54) is 0 Å². The number of hydrogen-bond donors (Lipinski definition) is 1. The van der Waals surface area contributed by atoms with E-state index in [1.54, 1.807) is 6.33 Å². The Bertz CT molecular complexity index is 942. The zero-order valence-corrected chi connectivity index (χ0v) is 15.1. The van der Waals surface area contributed by atoms with Crippen LogP contribution >= 0.6 is 0 Å². The van der Waals surface area contributed by atoms with Crippen LogP contribution in [0.15, 0.2) is 30.6 Å². The van der Waals surface area contributed by atoms with Crippen molar-refractivity contribution in [1.29, 1.82) is 0 Å². The molecule has 1 aliphatic rings. The van der Waals surface area contributed by atoms with Gasteiger partial charge in [0.25, 0.3) is 0 Å². The van der Waals surface area contributed by atoms with Gasteiger partial charge in [-0.05, 0) is 19.9 Å². The second-order valence-corrected chi connectivity index (χ2v) is 6.67. The molecule has 7 nitrogen and oxygen atoms in total. The average molecular weight is 350 g/mol. The first-order chi connectivity index (χ1) is 12.6. The standard InChI is InChI=1S/C19H22N6O/c1-13-14(2)20-12-21-19(13)25-9-7-24(8-10-25)18(26)11-17-15-5-3-4-6-16(15)22-23-17/h3-6,12H,7-11H2,1-2H3,(H,22,23). The number of benzene rings is 1. The molecule has 1 N–H and O–H groups in total. The smallest absolute Gasteiger partial charge is 0.228 e. The van der Waals surface area contributed by atoms with Crippen LogP contribution in [-0.4, -0.2) is 57.2 Å². The molecule has 26 heavy (non-hydrogen) atoms. The van der Waals surface area contributed by atoms with E-state index in [4.69, 9.17) is 0 Å². The fourth-order valence-corrected chi connectivity index (χ4v) is 3.42. The van der Waals surface area contributed by atoms with Crippen molar-refractivity contribution in [1.82, 2.24) is 25.1 Å². The number of aryl methyl sites for hydroxylation is 1. The first-order valence-corrected chi connectivity index (χ1v) is 8.86. The molecule has 0 saturated carbocycles. The molecule has 0 unspecified atom stereocenters. The Morgan fingerprint density at radius 3 is 2.69 bits per heavy atom. The fourth-order valence-electron chi connectivity index (χ4n) is 3.42. The molecule has 0 radical (unpaired) electrons. The van der Waals surface area contributed by atoms with Crippen molar-refractivity contribution in [2.75, 3.05) is 31.1 Å². The Morgan fingerprint density at radius 2 is 1.88 bits per heavy atom. The number of carbonyl (C=O) groups is 1. The third-order valence-electron chi connectivity index (χ3n) is 5.11. The largest absolute Gasteiger partial charge is 0.353 e. The van der Waals surface area contributed by atoms with E-state index in [1.807, 2.05) is 43.0 Å². The predicted molar refractivity (Wildman–Crippen MR) is 100 cm³/mol. The van der Waals surface area contributed by atoms with E-state index in [0.717, 1.165) is 46.8 Å². The molecule has 0 aliphatic carbocycles. The number of fused-ring (bicyclic) bond motifs is 1. The van der Waals surface area contributed by atoms with Crippen molar-refractivity contribution < 1.29 is 4.79 Å². The van der Waals surface area contributed by atoms with Gasteiger partial charge in [-0.15, -0.1) is 0 Å². The Hall–Kier alpha value is -2.96. The maximum absolute atomic E-state index is 12.7. The number of nitrogens with zero attached hydrogens (tertiary/aromatic N) is 5. The molecule has 0 atom stereocenters. The molecule has 1 fully saturated rings. The summed E-state index contributed by atoms with van der Waals surface area (Å²) in [6.07, 6.45) is 1.96. The second kappa shape index (κ2) is 6.74. The highest BCUT2D eigenvalue weighted by atomic mass is 16.2. The molecule has 0 bridgehead atoms. The normalized spacial score (nSPS) is 14.8. The first kappa shape index (κ1) is 16.5. The summed E-state index contributed by atoms with van der Waals surface area (Å²) in [5, 5.41) is 8.30. The van der Waals surface area contributed by atoms with E-state index < -0.39 is 0 Å². The monoisotopic (exact) mass is 350 g/mol. The van der Waals surface area contributed by atoms with Gasteiger partial charge in [-0.2, -0.15) is 5.10 Å². The van der Waals surface area contributed by atoms with E-state index in [0.29, 0.717) is 19.5 Å². The first-order valence-electron chi connectivity index (χ1n) is 8.86. The van der Waals surface area contributed by atoms with Gasteiger partial charge in [-0.25, -0.2) is 9.97 Å². The second-order valence-electron chi connectivity index (χ2n) is 6.67. The lowest BCUT2D eigenvalue weighted by Crippen LogP contribution is -2.49. The van der Waals surface area contributed by atoms with Gasteiger partial charge in [0.05, 0.1) is 17.6 Å². The van der Waals surface area contributed by atoms with Gasteiger partial charge < -0.3 is 9.80 Å². The topological polar surface area (TPSA) is 78.0 Å². The van der Waals surface area contributed by atoms with Gasteiger partial charge in [0, 0.05) is 42.8 Å². The Balaban J connectivity index is 1.41. The lowest BCUT2D eigenvalue weighted by atomic mass is 10.1. The number of hydrogen-bond acceptors (Lipinski definition) is 5. The lowest BCUT2D eigenvalue weighted by molar-refractivity contribution is -0.130. The van der Waals surface area contributed by atoms with Crippen LogP contribution in [0.3, 0.4) is 0 Å². The molecule has 3 heterocycles. The highest BCUT2D eigenvalue weighted by molar-refractivity contribution is 5.87. The summed E-state index contributed by atoms with van der Waals surface area (Å²) >= 11 is 0. The van der Waals surface area contributed by atoms with Crippen LogP contribution in [0.4, 0.5) is 5.82 Å². The molecule has 1 aromatic carbocycles. The molecule has 1 amide bonds. The summed E-state index contributed by atoms with van der Waals surface area (Å²) < 4.78 is 0. The Kier molecular flexibility index (Phi) is 4.28. The van der Waals surface area contributed by atoms with E-state index in [-0.39, 0.29) is 5.91 Å². The van der Waals surface area contributed by atoms with Gasteiger partial charge in [0.15, 0.2) is 0 Å². The maximum atomic E-state index is 12.7. The summed E-state index contributed by atoms with van der Waals surface area (Å²) in [5.41, 5.74) is 3.89. The molecular weight excluding hydrogens is 328 g/mol. The van der Waals surface area contributed by atoms with Gasteiger partial charge in [0.1, 0.15) is 12.1 Å². The van der Waals surface area contributed by atoms with Gasteiger partial charge >= 0.3 is 0 Å². The quantitative estimate of drug-likeness (QED) is 0.780. The van der Waals surface area contributed by atoms with Gasteiger partial charge in [0.2, 0.25) is 5.91 Å². The lowest BCUT2D eigenvalue weighted by Gasteiger charge is -2.36. The highest BCUT2D eigenvalue weighted by Gasteiger charge is 2.24. The van der Waals surface area contributed by atoms with Crippen LogP contribution in [0.2, 0.25) is 0 Å². The fraction of sp³-hybridized carbons (Fsp3) is 0.368. The van der Waals surface area contributed by atoms with Gasteiger partial charge in [-0.3, -0.25) is 9.89 Å². The number of H-pyrrole nitrogens is 1. The van der Waals surface area contributed by atoms with Crippen molar-refractivity contribution in [2.45, 2.75) is 20.3 Å². The Morgan fingerprint density at radius 1 is 1.12 bits per heavy atom. The molecule has 3 aromatic rings. The summed E-state index contributed by atoms with van der Waals surface area (Å²) in [7, 11) is 0. The predicted octanol–water partition coefficient (Wildman–Crippen LogP) is 1.86. The van der Waals surface area contributed by atoms with Crippen molar-refractivity contribution in [2.24, 2.45) is 0 Å². The number of aromatic nitrogens is 4. The van der Waals surface area contributed by atoms with Crippen molar-refractivity contribution >= 4 is 22.6 Å². The minimum absolute atomic E-state index is 0.134. The minimum Gasteiger partial charge on any atom is -0.353 e. The zero-order chi connectivity index (χ0) is 18.1. The minimum atomic E-state index is 0.134. The number of aromatic amines is 1. The average Bonchev–Trinajstić information content (AvgIpc) is 3.07. The van der Waals surface area contributed by atoms with Crippen molar-refractivity contribution in [3.8, 4) is 0 Å². The zero-order valence-electron chi connectivity index (χ0n) is 15.1. The van der Waals surface area contributed by atoms with E-state index in [9.17, 15) is 4.79 Å². The van der Waals surface area contributed by atoms with Crippen molar-refractivity contribution in [3.63, 3.8) is 0 Å². The third kappa shape index (κ3) is 3.00. The third-order valence-corrected chi connectivity index (χ3v) is 5.11. The molecule has 0 spiro atoms. The van der Waals surface area contributed by atoms with Crippen LogP contribution in [0.5, 0.6) is 0 Å². The summed E-state index contributed by atoms with van der Waals surface area (Å²) in [5.74, 6) is 1.11. The summed E-state index contributed by atoms with van der Waals surface area (Å²) in [4.78, 5) is 25.5. The van der Waals surface area contributed by atoms with E-state index >= 15 is 0 Å². The summed E-state index contributed by atoms with van der Waals surface area (Å²) in [6, 6.07) is 7.87. The van der Waals surface area contributed by atoms with Crippen LogP contribution in [-0.2, 0) is 11.2 Å². The highest BCUT2D eigenvalue weighted by Crippen LogP contribution is 2.21. The maximum Gasteiger partial charge on any atom is 0.228 e. The van der Waals surface area contributed by atoms with Crippen LogP contribution in [0.1, 0.15) is 17.0 Å². The number of amides is 1. The molecule has 7 heteroatoms. The number of carbonyl (C=O) groups excluding carboxylic acids is 1. The number of anilines is 1. The van der Waals surface area contributed by atoms with Crippen molar-refractivity contribution in [3.05, 3.63) is 47.5 Å². The van der Waals surface area contributed by atoms with Crippen LogP contribution in [0.25, 0.3) is 10.9 Å². The SMILES string of the molecule is Cc1ncnc(N2CCN(C(=O)Cc3[nH]nc4ccccc34)CC2)c1C. The Labute approximate surface area is 152 Å². The number of rotatable bonds is 3. The molecule has 134 valence electrons. The summed E-state index contributed by atoms with van der Waals surface area (Å²) in [6.45, 7) is 7.01. The number of para-hydroxylation sites is 1. The molecular formula is C19H22N6O. The van der Waals surface area contributed by atoms with E-state index in [2.05, 4.69) is 25.1 Å². The molecule has 1 saturated heterocycles. The molecule has 2 aromatic heterocycles. The van der Waals surface area contributed by atoms with Crippen LogP contribution < -0.4 is 4.90 Å². The van der Waals surface area contributed by atoms with Gasteiger partial charge in [-0.1, -0.05) is 18.2 Å². The number of piperazine rings is 1.